The van der Waals surface area contributed by atoms with Gasteiger partial charge in [0.1, 0.15) is 17.7 Å². The number of amides is 3. The minimum atomic E-state index is -0.994. The number of nitrogens with zero attached hydrogens (tertiary/aromatic N) is 1. The molecule has 0 saturated heterocycles. The molecule has 3 atom stereocenters. The summed E-state index contributed by atoms with van der Waals surface area (Å²) in [6, 6.07) is 5.28. The van der Waals surface area contributed by atoms with Gasteiger partial charge in [-0.15, -0.1) is 0 Å². The maximum Gasteiger partial charge on any atom is 0.408 e. The van der Waals surface area contributed by atoms with Gasteiger partial charge in [-0.05, 0) is 57.7 Å². The number of likely N-dealkylation sites (N-methyl/N-ethyl adjacent to an activating group) is 1. The number of carbonyl (C=O) groups is 4. The van der Waals surface area contributed by atoms with Gasteiger partial charge in [-0.25, -0.2) is 4.79 Å². The van der Waals surface area contributed by atoms with Gasteiger partial charge in [0.05, 0.1) is 13.0 Å². The van der Waals surface area contributed by atoms with Crippen LogP contribution in [-0.2, 0) is 23.9 Å². The number of hydrogen-bond acceptors (Lipinski definition) is 6. The molecule has 9 heteroatoms. The number of benzene rings is 1. The van der Waals surface area contributed by atoms with E-state index in [1.165, 1.54) is 4.90 Å². The highest BCUT2D eigenvalue weighted by Crippen LogP contribution is 2.25. The molecule has 0 aliphatic carbocycles. The second-order valence-electron chi connectivity index (χ2n) is 9.76. The van der Waals surface area contributed by atoms with Gasteiger partial charge in [0.15, 0.2) is 0 Å². The first kappa shape index (κ1) is 31.7. The van der Waals surface area contributed by atoms with Crippen LogP contribution in [0.3, 0.4) is 0 Å². The van der Waals surface area contributed by atoms with Crippen molar-refractivity contribution in [2.45, 2.75) is 79.0 Å². The van der Waals surface area contributed by atoms with Gasteiger partial charge in [-0.3, -0.25) is 14.4 Å². The maximum atomic E-state index is 13.9. The van der Waals surface area contributed by atoms with Crippen molar-refractivity contribution in [2.24, 2.45) is 5.92 Å². The fourth-order valence-electron chi connectivity index (χ4n) is 3.71. The van der Waals surface area contributed by atoms with E-state index < -0.39 is 41.6 Å². The van der Waals surface area contributed by atoms with Gasteiger partial charge in [0, 0.05) is 13.1 Å². The molecule has 37 heavy (non-hydrogen) atoms. The molecule has 0 aromatic heterocycles. The summed E-state index contributed by atoms with van der Waals surface area (Å²) in [5, 5.41) is 5.48. The Hall–Kier alpha value is -3.36. The van der Waals surface area contributed by atoms with Crippen molar-refractivity contribution in [1.29, 1.82) is 0 Å². The normalized spacial score (nSPS) is 13.5. The van der Waals surface area contributed by atoms with Gasteiger partial charge in [-0.1, -0.05) is 51.1 Å². The largest absolute Gasteiger partial charge is 0.466 e. The number of esters is 1. The molecule has 0 heterocycles. The molecule has 0 bridgehead atoms. The third-order valence-electron chi connectivity index (χ3n) is 5.73. The van der Waals surface area contributed by atoms with E-state index in [1.807, 2.05) is 19.9 Å². The van der Waals surface area contributed by atoms with Gasteiger partial charge in [-0.2, -0.15) is 0 Å². The quantitative estimate of drug-likeness (QED) is 0.379. The molecule has 1 aromatic carbocycles. The van der Waals surface area contributed by atoms with E-state index in [-0.39, 0.29) is 32.0 Å². The van der Waals surface area contributed by atoms with Crippen LogP contribution in [0.5, 0.6) is 0 Å². The van der Waals surface area contributed by atoms with Crippen molar-refractivity contribution in [2.75, 3.05) is 19.7 Å². The Morgan fingerprint density at radius 2 is 1.81 bits per heavy atom. The highest BCUT2D eigenvalue weighted by molar-refractivity contribution is 5.92. The molecular weight excluding hydrogens is 474 g/mol. The van der Waals surface area contributed by atoms with Gasteiger partial charge in [0.2, 0.25) is 11.8 Å². The third-order valence-corrected chi connectivity index (χ3v) is 5.73. The molecule has 0 radical (unpaired) electrons. The van der Waals surface area contributed by atoms with Crippen LogP contribution in [-0.4, -0.2) is 60.1 Å². The fraction of sp³-hybridized carbons (Fsp3) is 0.571. The van der Waals surface area contributed by atoms with Crippen molar-refractivity contribution in [3.63, 3.8) is 0 Å². The Labute approximate surface area is 221 Å². The lowest BCUT2D eigenvalue weighted by atomic mass is 9.95. The molecule has 3 unspecified atom stereocenters. The Kier molecular flexibility index (Phi) is 12.9. The minimum Gasteiger partial charge on any atom is -0.466 e. The van der Waals surface area contributed by atoms with Crippen LogP contribution >= 0.6 is 0 Å². The SMILES string of the molecule is C=Cc1cccc(C(C(=O)NCCC(=O)OCC)N(CC)C(=O)C(NC(=O)OC(C)(C)C)C(C)CC)c1. The van der Waals surface area contributed by atoms with Crippen LogP contribution in [0.4, 0.5) is 4.79 Å². The van der Waals surface area contributed by atoms with Crippen LogP contribution in [0.2, 0.25) is 0 Å². The predicted molar refractivity (Wildman–Crippen MR) is 144 cm³/mol. The molecule has 0 aliphatic heterocycles. The zero-order chi connectivity index (χ0) is 28.2. The van der Waals surface area contributed by atoms with Crippen molar-refractivity contribution in [3.8, 4) is 0 Å². The van der Waals surface area contributed by atoms with E-state index in [0.29, 0.717) is 12.0 Å². The maximum absolute atomic E-state index is 13.9. The Morgan fingerprint density at radius 3 is 2.35 bits per heavy atom. The van der Waals surface area contributed by atoms with Crippen LogP contribution < -0.4 is 10.6 Å². The van der Waals surface area contributed by atoms with E-state index in [1.54, 1.807) is 58.9 Å². The summed E-state index contributed by atoms with van der Waals surface area (Å²) in [6.45, 7) is 16.8. The molecular formula is C28H43N3O6. The van der Waals surface area contributed by atoms with E-state index >= 15 is 0 Å². The molecule has 1 aromatic rings. The van der Waals surface area contributed by atoms with E-state index in [0.717, 1.165) is 5.56 Å². The molecule has 0 spiro atoms. The fourth-order valence-corrected chi connectivity index (χ4v) is 3.71. The average molecular weight is 518 g/mol. The molecule has 9 nitrogen and oxygen atoms in total. The zero-order valence-electron chi connectivity index (χ0n) is 23.3. The van der Waals surface area contributed by atoms with Crippen LogP contribution in [0.25, 0.3) is 6.08 Å². The first-order valence-corrected chi connectivity index (χ1v) is 12.8. The molecule has 0 aliphatic rings. The smallest absolute Gasteiger partial charge is 0.408 e. The van der Waals surface area contributed by atoms with Crippen LogP contribution in [0.15, 0.2) is 30.8 Å². The molecule has 0 saturated carbocycles. The number of nitrogens with one attached hydrogen (secondary N) is 2. The van der Waals surface area contributed by atoms with Crippen molar-refractivity contribution < 1.29 is 28.7 Å². The first-order chi connectivity index (χ1) is 17.4. The average Bonchev–Trinajstić information content (AvgIpc) is 2.83. The lowest BCUT2D eigenvalue weighted by Crippen LogP contribution is -2.55. The lowest BCUT2D eigenvalue weighted by molar-refractivity contribution is -0.144. The van der Waals surface area contributed by atoms with E-state index in [9.17, 15) is 19.2 Å². The van der Waals surface area contributed by atoms with Gasteiger partial charge in [0.25, 0.3) is 0 Å². The summed E-state index contributed by atoms with van der Waals surface area (Å²) in [5.74, 6) is -1.49. The summed E-state index contributed by atoms with van der Waals surface area (Å²) >= 11 is 0. The molecule has 206 valence electrons. The second-order valence-corrected chi connectivity index (χ2v) is 9.76. The Balaban J connectivity index is 3.35. The first-order valence-electron chi connectivity index (χ1n) is 12.8. The summed E-state index contributed by atoms with van der Waals surface area (Å²) in [6.07, 6.45) is 1.58. The number of alkyl carbamates (subject to hydrolysis) is 1. The van der Waals surface area contributed by atoms with Crippen molar-refractivity contribution in [3.05, 3.63) is 42.0 Å². The monoisotopic (exact) mass is 517 g/mol. The van der Waals surface area contributed by atoms with Crippen LogP contribution in [0.1, 0.15) is 78.5 Å². The second kappa shape index (κ2) is 15.0. The Bertz CT molecular complexity index is 940. The van der Waals surface area contributed by atoms with Gasteiger partial charge < -0.3 is 25.0 Å². The minimum absolute atomic E-state index is 0.00869. The van der Waals surface area contributed by atoms with E-state index in [2.05, 4.69) is 17.2 Å². The lowest BCUT2D eigenvalue weighted by Gasteiger charge is -2.35. The Morgan fingerprint density at radius 1 is 1.14 bits per heavy atom. The van der Waals surface area contributed by atoms with Crippen molar-refractivity contribution >= 4 is 30.0 Å². The van der Waals surface area contributed by atoms with Crippen molar-refractivity contribution in [1.82, 2.24) is 15.5 Å². The molecule has 2 N–H and O–H groups in total. The van der Waals surface area contributed by atoms with E-state index in [4.69, 9.17) is 9.47 Å². The summed E-state index contributed by atoms with van der Waals surface area (Å²) in [4.78, 5) is 53.1. The topological polar surface area (TPSA) is 114 Å². The number of hydrogen-bond donors (Lipinski definition) is 2. The summed E-state index contributed by atoms with van der Waals surface area (Å²) in [5.41, 5.74) is 0.640. The highest BCUT2D eigenvalue weighted by atomic mass is 16.6. The number of ether oxygens (including phenoxy) is 2. The van der Waals surface area contributed by atoms with Crippen LogP contribution in [0, 0.1) is 5.92 Å². The zero-order valence-corrected chi connectivity index (χ0v) is 23.3. The molecule has 3 amide bonds. The molecule has 1 rings (SSSR count). The number of carbonyl (C=O) groups excluding carboxylic acids is 4. The summed E-state index contributed by atoms with van der Waals surface area (Å²) in [7, 11) is 0. The standard InChI is InChI=1S/C28H43N3O6/c1-9-19(5)23(30-27(35)37-28(6,7)8)26(34)31(11-3)24(21-15-13-14-20(10-2)18-21)25(33)29-17-16-22(32)36-12-4/h10,13-15,18-19,23-24H,2,9,11-12,16-17H2,1,3-8H3,(H,29,33)(H,30,35). The third kappa shape index (κ3) is 10.3. The highest BCUT2D eigenvalue weighted by Gasteiger charge is 2.37. The summed E-state index contributed by atoms with van der Waals surface area (Å²) < 4.78 is 10.3. The molecule has 0 fully saturated rings. The van der Waals surface area contributed by atoms with Gasteiger partial charge >= 0.3 is 12.1 Å². The predicted octanol–water partition coefficient (Wildman–Crippen LogP) is 4.23. The number of rotatable bonds is 13.